The summed E-state index contributed by atoms with van der Waals surface area (Å²) >= 11 is 1.34. The van der Waals surface area contributed by atoms with E-state index in [1.807, 2.05) is 61.4 Å². The first-order valence-corrected chi connectivity index (χ1v) is 12.9. The first-order valence-electron chi connectivity index (χ1n) is 11.9. The van der Waals surface area contributed by atoms with Gasteiger partial charge in [0, 0.05) is 31.7 Å². The molecule has 0 spiro atoms. The number of hydrogen-bond donors (Lipinski definition) is 1. The van der Waals surface area contributed by atoms with E-state index in [2.05, 4.69) is 21.6 Å². The summed E-state index contributed by atoms with van der Waals surface area (Å²) in [6.07, 6.45) is 0.113. The Morgan fingerprint density at radius 3 is 2.63 bits per heavy atom. The van der Waals surface area contributed by atoms with E-state index in [-0.39, 0.29) is 36.2 Å². The average molecular weight is 498 g/mol. The van der Waals surface area contributed by atoms with Gasteiger partial charge in [0.2, 0.25) is 5.91 Å². The zero-order chi connectivity index (χ0) is 24.9. The molecule has 7 nitrogen and oxygen atoms in total. The predicted octanol–water partition coefficient (Wildman–Crippen LogP) is 4.43. The summed E-state index contributed by atoms with van der Waals surface area (Å²) in [4.78, 5) is 14.5. The van der Waals surface area contributed by atoms with E-state index in [1.54, 1.807) is 6.07 Å². The molecule has 0 bridgehead atoms. The summed E-state index contributed by atoms with van der Waals surface area (Å²) in [5, 5.41) is 12.2. The van der Waals surface area contributed by atoms with Gasteiger partial charge in [0.15, 0.2) is 11.0 Å². The van der Waals surface area contributed by atoms with Gasteiger partial charge in [-0.2, -0.15) is 0 Å². The molecule has 2 aromatic carbocycles. The van der Waals surface area contributed by atoms with Gasteiger partial charge in [0.1, 0.15) is 5.82 Å². The number of halogens is 1. The van der Waals surface area contributed by atoms with Gasteiger partial charge in [-0.1, -0.05) is 41.6 Å². The molecule has 1 amide bonds. The van der Waals surface area contributed by atoms with E-state index in [1.165, 1.54) is 17.8 Å². The number of anilines is 1. The number of morpholine rings is 1. The molecule has 1 fully saturated rings. The zero-order valence-corrected chi connectivity index (χ0v) is 21.4. The van der Waals surface area contributed by atoms with Crippen molar-refractivity contribution in [2.75, 3.05) is 23.7 Å². The van der Waals surface area contributed by atoms with E-state index >= 15 is 0 Å². The SMILES string of the molecule is CCn1c(SCC(=O)NCc2ccc(N3CC(C)OC(C)C3)c(F)c2)nnc1-c1cccc(C)c1. The number of rotatable bonds is 8. The summed E-state index contributed by atoms with van der Waals surface area (Å²) in [5.74, 6) is 0.569. The molecule has 186 valence electrons. The summed E-state index contributed by atoms with van der Waals surface area (Å²) in [6, 6.07) is 13.3. The van der Waals surface area contributed by atoms with Gasteiger partial charge in [-0.05, 0) is 51.5 Å². The molecule has 9 heteroatoms. The van der Waals surface area contributed by atoms with E-state index in [0.29, 0.717) is 30.5 Å². The van der Waals surface area contributed by atoms with Crippen molar-refractivity contribution in [3.05, 3.63) is 59.4 Å². The van der Waals surface area contributed by atoms with E-state index in [9.17, 15) is 9.18 Å². The minimum Gasteiger partial charge on any atom is -0.372 e. The monoisotopic (exact) mass is 497 g/mol. The van der Waals surface area contributed by atoms with Crippen LogP contribution in [-0.4, -0.2) is 51.7 Å². The Morgan fingerprint density at radius 1 is 1.17 bits per heavy atom. The normalized spacial score (nSPS) is 18.0. The molecule has 1 aromatic heterocycles. The fraction of sp³-hybridized carbons (Fsp3) is 0.423. The maximum Gasteiger partial charge on any atom is 0.230 e. The number of aromatic nitrogens is 3. The molecule has 1 aliphatic heterocycles. The van der Waals surface area contributed by atoms with Gasteiger partial charge in [0.25, 0.3) is 0 Å². The number of nitrogens with one attached hydrogen (secondary N) is 1. The third-order valence-electron chi connectivity index (χ3n) is 5.90. The van der Waals surface area contributed by atoms with Crippen LogP contribution in [-0.2, 0) is 22.6 Å². The third kappa shape index (κ3) is 6.21. The second kappa shape index (κ2) is 11.2. The van der Waals surface area contributed by atoms with Crippen molar-refractivity contribution in [3.8, 4) is 11.4 Å². The summed E-state index contributed by atoms with van der Waals surface area (Å²) in [5.41, 5.74) is 3.45. The largest absolute Gasteiger partial charge is 0.372 e. The lowest BCUT2D eigenvalue weighted by atomic mass is 10.1. The zero-order valence-electron chi connectivity index (χ0n) is 20.6. The predicted molar refractivity (Wildman–Crippen MR) is 137 cm³/mol. The number of benzene rings is 2. The highest BCUT2D eigenvalue weighted by atomic mass is 32.2. The van der Waals surface area contributed by atoms with E-state index in [4.69, 9.17) is 4.74 Å². The number of thioether (sulfide) groups is 1. The summed E-state index contributed by atoms with van der Waals surface area (Å²) < 4.78 is 22.6. The standard InChI is InChI=1S/C26H32FN5O2S/c1-5-32-25(21-8-6-7-17(2)11-21)29-30-26(32)35-16-24(33)28-13-20-9-10-23(22(27)12-20)31-14-18(3)34-19(4)15-31/h6-12,18-19H,5,13-16H2,1-4H3,(H,28,33). The Hall–Kier alpha value is -2.91. The molecule has 0 radical (unpaired) electrons. The van der Waals surface area contributed by atoms with Gasteiger partial charge in [-0.3, -0.25) is 4.79 Å². The maximum atomic E-state index is 14.8. The Balaban J connectivity index is 1.32. The topological polar surface area (TPSA) is 72.3 Å². The van der Waals surface area contributed by atoms with Crippen LogP contribution in [0.2, 0.25) is 0 Å². The maximum absolute atomic E-state index is 14.8. The number of hydrogen-bond acceptors (Lipinski definition) is 6. The second-order valence-corrected chi connectivity index (χ2v) is 9.88. The molecule has 1 aliphatic rings. The quantitative estimate of drug-likeness (QED) is 0.464. The molecule has 0 saturated carbocycles. The molecule has 35 heavy (non-hydrogen) atoms. The Bertz CT molecular complexity index is 1170. The van der Waals surface area contributed by atoms with Crippen LogP contribution in [0.15, 0.2) is 47.6 Å². The third-order valence-corrected chi connectivity index (χ3v) is 6.87. The van der Waals surface area contributed by atoms with Gasteiger partial charge < -0.3 is 19.5 Å². The number of aryl methyl sites for hydroxylation is 1. The number of carbonyl (C=O) groups excluding carboxylic acids is 1. The summed E-state index contributed by atoms with van der Waals surface area (Å²) in [6.45, 7) is 10.3. The van der Waals surface area contributed by atoms with Gasteiger partial charge in [-0.25, -0.2) is 4.39 Å². The van der Waals surface area contributed by atoms with Crippen molar-refractivity contribution in [1.82, 2.24) is 20.1 Å². The van der Waals surface area contributed by atoms with Gasteiger partial charge in [-0.15, -0.1) is 10.2 Å². The molecular formula is C26H32FN5O2S. The number of carbonyl (C=O) groups is 1. The molecular weight excluding hydrogens is 465 g/mol. The van der Waals surface area contributed by atoms with Crippen molar-refractivity contribution in [2.45, 2.75) is 58.1 Å². The van der Waals surface area contributed by atoms with Crippen molar-refractivity contribution < 1.29 is 13.9 Å². The minimum atomic E-state index is -0.285. The lowest BCUT2D eigenvalue weighted by Gasteiger charge is -2.37. The Morgan fingerprint density at radius 2 is 1.94 bits per heavy atom. The highest BCUT2D eigenvalue weighted by Gasteiger charge is 2.24. The van der Waals surface area contributed by atoms with Gasteiger partial charge >= 0.3 is 0 Å². The van der Waals surface area contributed by atoms with Crippen LogP contribution in [0.4, 0.5) is 10.1 Å². The highest BCUT2D eigenvalue weighted by Crippen LogP contribution is 2.26. The van der Waals surface area contributed by atoms with Crippen molar-refractivity contribution in [3.63, 3.8) is 0 Å². The number of ether oxygens (including phenoxy) is 1. The van der Waals surface area contributed by atoms with E-state index < -0.39 is 0 Å². The smallest absolute Gasteiger partial charge is 0.230 e. The number of amides is 1. The highest BCUT2D eigenvalue weighted by molar-refractivity contribution is 7.99. The fourth-order valence-electron chi connectivity index (χ4n) is 4.35. The molecule has 2 atom stereocenters. The van der Waals surface area contributed by atoms with Crippen LogP contribution in [0, 0.1) is 12.7 Å². The van der Waals surface area contributed by atoms with Crippen LogP contribution in [0.3, 0.4) is 0 Å². The molecule has 0 aliphatic carbocycles. The molecule has 4 rings (SSSR count). The summed E-state index contributed by atoms with van der Waals surface area (Å²) in [7, 11) is 0. The van der Waals surface area contributed by atoms with Crippen molar-refractivity contribution in [1.29, 1.82) is 0 Å². The van der Waals surface area contributed by atoms with E-state index in [0.717, 1.165) is 22.5 Å². The lowest BCUT2D eigenvalue weighted by molar-refractivity contribution is -0.118. The second-order valence-electron chi connectivity index (χ2n) is 8.93. The minimum absolute atomic E-state index is 0.0565. The number of nitrogens with zero attached hydrogens (tertiary/aromatic N) is 4. The average Bonchev–Trinajstić information content (AvgIpc) is 3.24. The molecule has 3 aromatic rings. The van der Waals surface area contributed by atoms with Crippen LogP contribution in [0.25, 0.3) is 11.4 Å². The molecule has 1 N–H and O–H groups in total. The lowest BCUT2D eigenvalue weighted by Crippen LogP contribution is -2.45. The Kier molecular flexibility index (Phi) is 8.07. The molecule has 1 saturated heterocycles. The van der Waals surface area contributed by atoms with Crippen molar-refractivity contribution >= 4 is 23.4 Å². The molecule has 2 unspecified atom stereocenters. The first kappa shape index (κ1) is 25.2. The Labute approximate surface area is 210 Å². The van der Waals surface area contributed by atoms with Crippen LogP contribution in [0.1, 0.15) is 31.9 Å². The van der Waals surface area contributed by atoms with Crippen LogP contribution in [0.5, 0.6) is 0 Å². The van der Waals surface area contributed by atoms with Gasteiger partial charge in [0.05, 0.1) is 23.6 Å². The van der Waals surface area contributed by atoms with Crippen LogP contribution >= 0.6 is 11.8 Å². The molecule has 2 heterocycles. The van der Waals surface area contributed by atoms with Crippen molar-refractivity contribution in [2.24, 2.45) is 0 Å². The fourth-order valence-corrected chi connectivity index (χ4v) is 5.18. The first-order chi connectivity index (χ1) is 16.8. The van der Waals surface area contributed by atoms with Crippen LogP contribution < -0.4 is 10.2 Å².